The Balaban J connectivity index is 1.59. The fourth-order valence-electron chi connectivity index (χ4n) is 2.57. The third-order valence-corrected chi connectivity index (χ3v) is 4.67. The lowest BCUT2D eigenvalue weighted by atomic mass is 10.0. The summed E-state index contributed by atoms with van der Waals surface area (Å²) in [4.78, 5) is 12.3. The minimum Gasteiger partial charge on any atom is -0.396 e. The van der Waals surface area contributed by atoms with E-state index in [1.54, 1.807) is 17.4 Å². The molecular formula is C17H20N4O2S. The van der Waals surface area contributed by atoms with Crippen LogP contribution in [0.5, 0.6) is 0 Å². The minimum absolute atomic E-state index is 0.00110. The van der Waals surface area contributed by atoms with Crippen LogP contribution in [0, 0.1) is 5.92 Å². The molecule has 0 saturated heterocycles. The van der Waals surface area contributed by atoms with Crippen molar-refractivity contribution in [2.75, 3.05) is 13.2 Å². The highest BCUT2D eigenvalue weighted by molar-refractivity contribution is 7.07. The molecule has 1 atom stereocenters. The average molecular weight is 344 g/mol. The van der Waals surface area contributed by atoms with E-state index in [9.17, 15) is 9.90 Å². The number of nitrogens with zero attached hydrogens (tertiary/aromatic N) is 2. The highest BCUT2D eigenvalue weighted by Crippen LogP contribution is 2.17. The predicted molar refractivity (Wildman–Crippen MR) is 93.9 cm³/mol. The Bertz CT molecular complexity index is 791. The van der Waals surface area contributed by atoms with Crippen molar-refractivity contribution in [1.82, 2.24) is 20.1 Å². The van der Waals surface area contributed by atoms with Gasteiger partial charge in [-0.2, -0.15) is 16.4 Å². The summed E-state index contributed by atoms with van der Waals surface area (Å²) in [6.07, 6.45) is 2.68. The molecule has 3 N–H and O–H groups in total. The van der Waals surface area contributed by atoms with Crippen molar-refractivity contribution in [2.24, 2.45) is 13.0 Å². The van der Waals surface area contributed by atoms with Crippen molar-refractivity contribution in [1.29, 1.82) is 0 Å². The van der Waals surface area contributed by atoms with E-state index in [0.717, 1.165) is 17.8 Å². The number of aromatic nitrogens is 3. The topological polar surface area (TPSA) is 82.9 Å². The minimum atomic E-state index is -0.216. The summed E-state index contributed by atoms with van der Waals surface area (Å²) in [5.41, 5.74) is 3.26. The van der Waals surface area contributed by atoms with E-state index in [-0.39, 0.29) is 18.4 Å². The number of hydrogen-bond donors (Lipinski definition) is 3. The molecule has 0 fully saturated rings. The molecule has 3 heterocycles. The number of aliphatic hydroxyl groups is 1. The second-order valence-corrected chi connectivity index (χ2v) is 6.55. The number of H-pyrrole nitrogens is 1. The Morgan fingerprint density at radius 2 is 2.38 bits per heavy atom. The van der Waals surface area contributed by atoms with Crippen LogP contribution in [0.1, 0.15) is 16.1 Å². The molecule has 0 saturated carbocycles. The van der Waals surface area contributed by atoms with Gasteiger partial charge in [0.2, 0.25) is 0 Å². The van der Waals surface area contributed by atoms with Crippen molar-refractivity contribution in [3.8, 4) is 11.4 Å². The Morgan fingerprint density at radius 1 is 1.50 bits per heavy atom. The fourth-order valence-corrected chi connectivity index (χ4v) is 3.25. The first-order valence-corrected chi connectivity index (χ1v) is 8.69. The van der Waals surface area contributed by atoms with Crippen molar-refractivity contribution in [2.45, 2.75) is 6.42 Å². The lowest BCUT2D eigenvalue weighted by Crippen LogP contribution is -2.32. The molecule has 0 aromatic carbocycles. The number of aromatic amines is 1. The number of rotatable bonds is 7. The molecule has 1 amide bonds. The van der Waals surface area contributed by atoms with Gasteiger partial charge in [0.05, 0.1) is 5.69 Å². The molecule has 0 aliphatic rings. The monoisotopic (exact) mass is 344 g/mol. The van der Waals surface area contributed by atoms with Crippen molar-refractivity contribution in [3.05, 3.63) is 52.5 Å². The molecule has 24 heavy (non-hydrogen) atoms. The molecule has 0 bridgehead atoms. The smallest absolute Gasteiger partial charge is 0.269 e. The Hall–Kier alpha value is -2.38. The Morgan fingerprint density at radius 3 is 3.04 bits per heavy atom. The van der Waals surface area contributed by atoms with E-state index in [2.05, 4.69) is 20.9 Å². The third kappa shape index (κ3) is 3.74. The van der Waals surface area contributed by atoms with Crippen molar-refractivity contribution >= 4 is 17.2 Å². The standard InChI is InChI=1S/C17H20N4O2S/c1-21-5-2-3-16(21)14-8-15(20-19-14)17(23)18-9-13(10-22)7-12-4-6-24-11-12/h2-6,8,11,13,22H,7,9-10H2,1H3,(H,18,23)(H,19,20)/t13-/m1/s1. The predicted octanol–water partition coefficient (Wildman–Crippen LogP) is 2.06. The van der Waals surface area contributed by atoms with Gasteiger partial charge < -0.3 is 15.0 Å². The van der Waals surface area contributed by atoms with Crippen LogP contribution in [-0.2, 0) is 13.5 Å². The molecule has 0 spiro atoms. The van der Waals surface area contributed by atoms with E-state index in [1.165, 1.54) is 5.56 Å². The number of amides is 1. The summed E-state index contributed by atoms with van der Waals surface area (Å²) in [7, 11) is 1.93. The van der Waals surface area contributed by atoms with E-state index < -0.39 is 0 Å². The van der Waals surface area contributed by atoms with E-state index >= 15 is 0 Å². The first-order valence-electron chi connectivity index (χ1n) is 7.74. The first-order chi connectivity index (χ1) is 11.7. The summed E-state index contributed by atoms with van der Waals surface area (Å²) in [6, 6.07) is 7.65. The first kappa shape index (κ1) is 16.5. The molecule has 0 aliphatic carbocycles. The number of carbonyl (C=O) groups excluding carboxylic acids is 1. The average Bonchev–Trinajstić information content (AvgIpc) is 3.32. The zero-order valence-corrected chi connectivity index (χ0v) is 14.2. The van der Waals surface area contributed by atoms with Crippen LogP contribution in [0.25, 0.3) is 11.4 Å². The van der Waals surface area contributed by atoms with Gasteiger partial charge in [0.25, 0.3) is 5.91 Å². The quantitative estimate of drug-likeness (QED) is 0.613. The summed E-state index contributed by atoms with van der Waals surface area (Å²) in [5.74, 6) is -0.217. The van der Waals surface area contributed by atoms with Crippen LogP contribution in [0.3, 0.4) is 0 Å². The lowest BCUT2D eigenvalue weighted by molar-refractivity contribution is 0.0935. The maximum atomic E-state index is 12.3. The SMILES string of the molecule is Cn1cccc1-c1cc(C(=O)NC[C@H](CO)Cc2ccsc2)[nH]n1. The van der Waals surface area contributed by atoms with Crippen LogP contribution in [0.4, 0.5) is 0 Å². The molecular weight excluding hydrogens is 324 g/mol. The van der Waals surface area contributed by atoms with Gasteiger partial charge in [-0.15, -0.1) is 0 Å². The number of aryl methyl sites for hydroxylation is 1. The number of nitrogens with one attached hydrogen (secondary N) is 2. The van der Waals surface area contributed by atoms with Gasteiger partial charge in [-0.25, -0.2) is 0 Å². The molecule has 0 radical (unpaired) electrons. The maximum Gasteiger partial charge on any atom is 0.269 e. The molecule has 0 aliphatic heterocycles. The van der Waals surface area contributed by atoms with E-state index in [1.807, 2.05) is 41.4 Å². The highest BCUT2D eigenvalue weighted by Gasteiger charge is 2.15. The molecule has 7 heteroatoms. The fraction of sp³-hybridized carbons (Fsp3) is 0.294. The molecule has 3 rings (SSSR count). The molecule has 126 valence electrons. The number of carbonyl (C=O) groups is 1. The van der Waals surface area contributed by atoms with E-state index in [4.69, 9.17) is 0 Å². The van der Waals surface area contributed by atoms with Gasteiger partial charge in [0, 0.05) is 32.3 Å². The highest BCUT2D eigenvalue weighted by atomic mass is 32.1. The number of thiophene rings is 1. The maximum absolute atomic E-state index is 12.3. The summed E-state index contributed by atoms with van der Waals surface area (Å²) in [5, 5.41) is 23.4. The molecule has 6 nitrogen and oxygen atoms in total. The third-order valence-electron chi connectivity index (χ3n) is 3.94. The van der Waals surface area contributed by atoms with Crippen molar-refractivity contribution in [3.63, 3.8) is 0 Å². The second-order valence-electron chi connectivity index (χ2n) is 5.77. The largest absolute Gasteiger partial charge is 0.396 e. The van der Waals surface area contributed by atoms with Crippen LogP contribution in [-0.4, -0.2) is 38.9 Å². The summed E-state index contributed by atoms with van der Waals surface area (Å²) in [6.45, 7) is 0.456. The van der Waals surface area contributed by atoms with Crippen LogP contribution in [0.15, 0.2) is 41.2 Å². The van der Waals surface area contributed by atoms with Gasteiger partial charge in [0.1, 0.15) is 11.4 Å². The lowest BCUT2D eigenvalue weighted by Gasteiger charge is -2.13. The van der Waals surface area contributed by atoms with Gasteiger partial charge >= 0.3 is 0 Å². The van der Waals surface area contributed by atoms with Gasteiger partial charge in [-0.1, -0.05) is 0 Å². The van der Waals surface area contributed by atoms with Gasteiger partial charge in [-0.3, -0.25) is 9.89 Å². The zero-order chi connectivity index (χ0) is 16.9. The summed E-state index contributed by atoms with van der Waals surface area (Å²) < 4.78 is 1.94. The Kier molecular flexibility index (Phi) is 5.12. The second kappa shape index (κ2) is 7.46. The van der Waals surface area contributed by atoms with Gasteiger partial charge in [0.15, 0.2) is 0 Å². The van der Waals surface area contributed by atoms with Gasteiger partial charge in [-0.05, 0) is 47.0 Å². The normalized spacial score (nSPS) is 12.2. The molecule has 3 aromatic rings. The van der Waals surface area contributed by atoms with Crippen LogP contribution < -0.4 is 5.32 Å². The van der Waals surface area contributed by atoms with Crippen molar-refractivity contribution < 1.29 is 9.90 Å². The number of aliphatic hydroxyl groups excluding tert-OH is 1. The molecule has 3 aromatic heterocycles. The van der Waals surface area contributed by atoms with Crippen LogP contribution >= 0.6 is 11.3 Å². The zero-order valence-electron chi connectivity index (χ0n) is 13.4. The van der Waals surface area contributed by atoms with Crippen LogP contribution in [0.2, 0.25) is 0 Å². The Labute approximate surface area is 144 Å². The summed E-state index contributed by atoms with van der Waals surface area (Å²) >= 11 is 1.63. The van der Waals surface area contributed by atoms with E-state index in [0.29, 0.717) is 12.2 Å². The number of hydrogen-bond acceptors (Lipinski definition) is 4. The molecule has 0 unspecified atom stereocenters.